The summed E-state index contributed by atoms with van der Waals surface area (Å²) >= 11 is 0. The molecule has 2 aliphatic rings. The fraction of sp³-hybridized carbons (Fsp3) is 0.562. The number of nitrogens with one attached hydrogen (secondary N) is 1. The molecule has 4 heteroatoms. The van der Waals surface area contributed by atoms with Crippen molar-refractivity contribution < 1.29 is 9.13 Å². The predicted molar refractivity (Wildman–Crippen MR) is 76.4 cm³/mol. The summed E-state index contributed by atoms with van der Waals surface area (Å²) in [5, 5.41) is 8.31. The molecule has 3 nitrogen and oxygen atoms in total. The van der Waals surface area contributed by atoms with Gasteiger partial charge in [0.05, 0.1) is 6.10 Å². The molecular formula is C16H21FN2O. The Hall–Kier alpha value is -1.42. The molecule has 0 amide bonds. The molecule has 1 aromatic rings. The lowest BCUT2D eigenvalue weighted by molar-refractivity contribution is -0.136. The number of halogens is 1. The maximum absolute atomic E-state index is 13.3. The number of nitrogens with zero attached hydrogens (tertiary/aromatic N) is 1. The number of hydrogen-bond donors (Lipinski definition) is 1. The van der Waals surface area contributed by atoms with Crippen LogP contribution in [0.5, 0.6) is 0 Å². The van der Waals surface area contributed by atoms with Crippen molar-refractivity contribution in [2.75, 3.05) is 6.61 Å². The molecule has 0 radical (unpaired) electrons. The minimum absolute atomic E-state index is 0.0307. The summed E-state index contributed by atoms with van der Waals surface area (Å²) in [6.45, 7) is 7.84. The summed E-state index contributed by atoms with van der Waals surface area (Å²) < 4.78 is 19.1. The third-order valence-corrected chi connectivity index (χ3v) is 4.83. The van der Waals surface area contributed by atoms with Crippen molar-refractivity contribution in [2.45, 2.75) is 45.9 Å². The van der Waals surface area contributed by atoms with E-state index in [1.807, 2.05) is 6.92 Å². The Labute approximate surface area is 119 Å². The van der Waals surface area contributed by atoms with Crippen LogP contribution >= 0.6 is 0 Å². The lowest BCUT2D eigenvalue weighted by Gasteiger charge is -2.55. The van der Waals surface area contributed by atoms with Gasteiger partial charge in [0.25, 0.3) is 0 Å². The van der Waals surface area contributed by atoms with Crippen molar-refractivity contribution in [3.8, 4) is 0 Å². The van der Waals surface area contributed by atoms with Gasteiger partial charge in [-0.2, -0.15) is 0 Å². The highest BCUT2D eigenvalue weighted by atomic mass is 19.1. The van der Waals surface area contributed by atoms with Gasteiger partial charge in [-0.25, -0.2) is 4.39 Å². The second-order valence-electron chi connectivity index (χ2n) is 6.29. The molecule has 0 spiro atoms. The van der Waals surface area contributed by atoms with Gasteiger partial charge in [0.15, 0.2) is 0 Å². The number of benzene rings is 1. The van der Waals surface area contributed by atoms with E-state index in [9.17, 15) is 4.39 Å². The molecule has 0 bridgehead atoms. The van der Waals surface area contributed by atoms with E-state index >= 15 is 0 Å². The molecular weight excluding hydrogens is 255 g/mol. The van der Waals surface area contributed by atoms with E-state index in [2.05, 4.69) is 18.7 Å². The Morgan fingerprint density at radius 1 is 1.45 bits per heavy atom. The molecule has 2 atom stereocenters. The van der Waals surface area contributed by atoms with Gasteiger partial charge in [-0.05, 0) is 31.0 Å². The Kier molecular flexibility index (Phi) is 3.09. The van der Waals surface area contributed by atoms with Crippen molar-refractivity contribution in [3.05, 3.63) is 35.1 Å². The van der Waals surface area contributed by atoms with Crippen LogP contribution in [0.25, 0.3) is 0 Å². The summed E-state index contributed by atoms with van der Waals surface area (Å²) in [7, 11) is 0. The van der Waals surface area contributed by atoms with Crippen LogP contribution in [0.15, 0.2) is 18.2 Å². The van der Waals surface area contributed by atoms with E-state index in [0.717, 1.165) is 24.2 Å². The monoisotopic (exact) mass is 276 g/mol. The first-order valence-electron chi connectivity index (χ1n) is 7.20. The van der Waals surface area contributed by atoms with Crippen molar-refractivity contribution >= 4 is 5.84 Å². The minimum Gasteiger partial charge on any atom is -0.378 e. The summed E-state index contributed by atoms with van der Waals surface area (Å²) in [6.07, 6.45) is 1.20. The van der Waals surface area contributed by atoms with E-state index in [1.165, 1.54) is 12.1 Å². The first kappa shape index (κ1) is 13.6. The zero-order valence-corrected chi connectivity index (χ0v) is 12.2. The molecule has 0 aromatic heterocycles. The first-order valence-corrected chi connectivity index (χ1v) is 7.20. The highest BCUT2D eigenvalue weighted by Crippen LogP contribution is 2.47. The van der Waals surface area contributed by atoms with Gasteiger partial charge in [0, 0.05) is 30.2 Å². The molecule has 1 aromatic carbocycles. The highest BCUT2D eigenvalue weighted by Gasteiger charge is 2.53. The van der Waals surface area contributed by atoms with Crippen molar-refractivity contribution in [1.82, 2.24) is 4.90 Å². The van der Waals surface area contributed by atoms with E-state index in [4.69, 9.17) is 10.1 Å². The number of ether oxygens (including phenoxy) is 1. The largest absolute Gasteiger partial charge is 0.378 e. The zero-order valence-electron chi connectivity index (χ0n) is 12.2. The summed E-state index contributed by atoms with van der Waals surface area (Å²) in [5.41, 5.74) is 1.82. The number of fused-ring (bicyclic) bond motifs is 1. The molecule has 1 aliphatic heterocycles. The van der Waals surface area contributed by atoms with Gasteiger partial charge in [-0.1, -0.05) is 19.9 Å². The average Bonchev–Trinajstić information content (AvgIpc) is 2.71. The lowest BCUT2D eigenvalue weighted by Crippen LogP contribution is -2.62. The van der Waals surface area contributed by atoms with Crippen LogP contribution in [0.3, 0.4) is 0 Å². The Morgan fingerprint density at radius 3 is 2.85 bits per heavy atom. The SMILES string of the molecule is CCOC1CC(N2Cc3ccc(F)cc3C2=N)C1(C)C. The van der Waals surface area contributed by atoms with E-state index in [1.54, 1.807) is 6.07 Å². The van der Waals surface area contributed by atoms with Crippen LogP contribution in [0.1, 0.15) is 38.3 Å². The van der Waals surface area contributed by atoms with Gasteiger partial charge in [-0.3, -0.25) is 5.41 Å². The topological polar surface area (TPSA) is 36.3 Å². The lowest BCUT2D eigenvalue weighted by atomic mass is 9.63. The molecule has 1 saturated carbocycles. The maximum Gasteiger partial charge on any atom is 0.129 e. The van der Waals surface area contributed by atoms with E-state index < -0.39 is 0 Å². The maximum atomic E-state index is 13.3. The Balaban J connectivity index is 1.80. The molecule has 3 rings (SSSR count). The minimum atomic E-state index is -0.268. The van der Waals surface area contributed by atoms with E-state index in [0.29, 0.717) is 18.4 Å². The molecule has 0 saturated heterocycles. The number of amidine groups is 1. The van der Waals surface area contributed by atoms with Crippen LogP contribution in [0.2, 0.25) is 0 Å². The quantitative estimate of drug-likeness (QED) is 0.920. The normalized spacial score (nSPS) is 27.4. The van der Waals surface area contributed by atoms with Gasteiger partial charge >= 0.3 is 0 Å². The molecule has 2 unspecified atom stereocenters. The summed E-state index contributed by atoms with van der Waals surface area (Å²) in [4.78, 5) is 2.10. The standard InChI is InChI=1S/C16H21FN2O/c1-4-20-14-8-13(16(14,2)3)19-9-10-5-6-11(17)7-12(10)15(19)18/h5-7,13-14,18H,4,8-9H2,1-3H3. The van der Waals surface area contributed by atoms with Gasteiger partial charge in [-0.15, -0.1) is 0 Å². The van der Waals surface area contributed by atoms with E-state index in [-0.39, 0.29) is 17.3 Å². The number of hydrogen-bond acceptors (Lipinski definition) is 2. The third-order valence-electron chi connectivity index (χ3n) is 4.83. The number of rotatable bonds is 3. The molecule has 1 aliphatic carbocycles. The Morgan fingerprint density at radius 2 is 2.20 bits per heavy atom. The first-order chi connectivity index (χ1) is 9.45. The molecule has 20 heavy (non-hydrogen) atoms. The molecule has 1 fully saturated rings. The van der Waals surface area contributed by atoms with Crippen LogP contribution < -0.4 is 0 Å². The zero-order chi connectivity index (χ0) is 14.5. The third kappa shape index (κ3) is 1.85. The van der Waals surface area contributed by atoms with Gasteiger partial charge < -0.3 is 9.64 Å². The molecule has 1 heterocycles. The van der Waals surface area contributed by atoms with Crippen LogP contribution in [-0.4, -0.2) is 29.5 Å². The van der Waals surface area contributed by atoms with Crippen molar-refractivity contribution in [3.63, 3.8) is 0 Å². The summed E-state index contributed by atoms with van der Waals surface area (Å²) in [6, 6.07) is 5.04. The predicted octanol–water partition coefficient (Wildman–Crippen LogP) is 3.17. The van der Waals surface area contributed by atoms with Crippen LogP contribution in [0, 0.1) is 16.6 Å². The molecule has 1 N–H and O–H groups in total. The fourth-order valence-electron chi connectivity index (χ4n) is 3.47. The van der Waals surface area contributed by atoms with Crippen molar-refractivity contribution in [1.29, 1.82) is 5.41 Å². The summed E-state index contributed by atoms with van der Waals surface area (Å²) in [5.74, 6) is 0.183. The highest BCUT2D eigenvalue weighted by molar-refractivity contribution is 6.00. The van der Waals surface area contributed by atoms with Gasteiger partial charge in [0.1, 0.15) is 11.7 Å². The fourth-order valence-corrected chi connectivity index (χ4v) is 3.47. The average molecular weight is 276 g/mol. The Bertz CT molecular complexity index is 555. The smallest absolute Gasteiger partial charge is 0.129 e. The second-order valence-corrected chi connectivity index (χ2v) is 6.29. The second kappa shape index (κ2) is 4.55. The molecule has 108 valence electrons. The van der Waals surface area contributed by atoms with Gasteiger partial charge in [0.2, 0.25) is 0 Å². The van der Waals surface area contributed by atoms with Crippen molar-refractivity contribution in [2.24, 2.45) is 5.41 Å². The van der Waals surface area contributed by atoms with Crippen LogP contribution in [0.4, 0.5) is 4.39 Å². The van der Waals surface area contributed by atoms with Crippen LogP contribution in [-0.2, 0) is 11.3 Å².